The molecule has 0 amide bonds. The lowest BCUT2D eigenvalue weighted by Crippen LogP contribution is -2.46. The van der Waals surface area contributed by atoms with Gasteiger partial charge < -0.3 is 23.8 Å². The number of hydrogen-bond acceptors (Lipinski definition) is 9. The van der Waals surface area contributed by atoms with E-state index in [1.807, 2.05) is 18.2 Å². The maximum absolute atomic E-state index is 14.3. The van der Waals surface area contributed by atoms with Crippen LogP contribution in [0.2, 0.25) is 5.02 Å². The molecule has 2 N–H and O–H groups in total. The van der Waals surface area contributed by atoms with Crippen LogP contribution in [0.4, 0.5) is 10.1 Å². The van der Waals surface area contributed by atoms with Gasteiger partial charge in [-0.1, -0.05) is 17.7 Å². The number of pyridine rings is 1. The van der Waals surface area contributed by atoms with Crippen LogP contribution in [0.5, 0.6) is 5.88 Å². The number of rotatable bonds is 9. The van der Waals surface area contributed by atoms with Crippen molar-refractivity contribution in [3.63, 3.8) is 0 Å². The molecule has 2 aliphatic rings. The molecule has 0 saturated carbocycles. The average Bonchev–Trinajstić information content (AvgIpc) is 3.30. The number of anilines is 1. The van der Waals surface area contributed by atoms with Crippen LogP contribution in [0.15, 0.2) is 54.7 Å². The fourth-order valence-corrected chi connectivity index (χ4v) is 5.35. The molecule has 1 atom stereocenters. The van der Waals surface area contributed by atoms with Crippen molar-refractivity contribution in [3.8, 4) is 5.88 Å². The van der Waals surface area contributed by atoms with E-state index in [1.54, 1.807) is 30.5 Å². The third kappa shape index (κ3) is 5.98. The van der Waals surface area contributed by atoms with Crippen LogP contribution in [0.3, 0.4) is 0 Å². The summed E-state index contributed by atoms with van der Waals surface area (Å²) in [4.78, 5) is 30.4. The van der Waals surface area contributed by atoms with E-state index in [2.05, 4.69) is 24.2 Å². The zero-order valence-corrected chi connectivity index (χ0v) is 23.1. The van der Waals surface area contributed by atoms with Crippen LogP contribution >= 0.6 is 11.6 Å². The molecule has 2 aromatic carbocycles. The lowest BCUT2D eigenvalue weighted by molar-refractivity contribution is -0.0592. The van der Waals surface area contributed by atoms with Crippen LogP contribution in [-0.2, 0) is 29.3 Å². The van der Waals surface area contributed by atoms with E-state index in [0.717, 1.165) is 61.8 Å². The Kier molecular flexibility index (Phi) is 8.02. The summed E-state index contributed by atoms with van der Waals surface area (Å²) in [7, 11) is 0. The second-order valence-electron chi connectivity index (χ2n) is 10.1. The molecule has 10 nitrogen and oxygen atoms in total. The number of nitrogens with zero attached hydrogens (tertiary/aromatic N) is 5. The first-order valence-corrected chi connectivity index (χ1v) is 13.9. The van der Waals surface area contributed by atoms with Gasteiger partial charge in [-0.15, -0.1) is 0 Å². The highest BCUT2D eigenvalue weighted by atomic mass is 35.5. The Morgan fingerprint density at radius 3 is 2.71 bits per heavy atom. The van der Waals surface area contributed by atoms with E-state index in [1.165, 1.54) is 6.07 Å². The molecule has 2 saturated heterocycles. The molecule has 0 bridgehead atoms. The van der Waals surface area contributed by atoms with Crippen molar-refractivity contribution in [1.29, 1.82) is 0 Å². The Hall–Kier alpha value is -3.77. The maximum atomic E-state index is 14.3. The number of aromatic nitrogens is 3. The van der Waals surface area contributed by atoms with Crippen LogP contribution in [0.25, 0.3) is 11.0 Å². The molecule has 2 fully saturated rings. The van der Waals surface area contributed by atoms with Gasteiger partial charge in [-0.05, 0) is 48.9 Å². The van der Waals surface area contributed by atoms with Gasteiger partial charge in [-0.25, -0.2) is 19.2 Å². The second kappa shape index (κ2) is 12.0. The van der Waals surface area contributed by atoms with Crippen LogP contribution in [0, 0.1) is 5.82 Å². The SMILES string of the molecule is NOC(=O)c1ccc2nc(CN3CCN(c4cccnc4OCc4ccc(Cl)cc4F)CC3)n(CC3CCO3)c2c1. The number of carbonyl (C=O) groups excluding carboxylic acids is 1. The van der Waals surface area contributed by atoms with E-state index in [0.29, 0.717) is 35.1 Å². The number of hydrogen-bond donors (Lipinski definition) is 1. The van der Waals surface area contributed by atoms with Gasteiger partial charge in [0.2, 0.25) is 5.88 Å². The summed E-state index contributed by atoms with van der Waals surface area (Å²) in [6, 6.07) is 13.6. The fraction of sp³-hybridized carbons (Fsp3) is 0.345. The van der Waals surface area contributed by atoms with Crippen molar-refractivity contribution in [2.45, 2.75) is 32.2 Å². The number of fused-ring (bicyclic) bond motifs is 1. The molecule has 0 radical (unpaired) electrons. The number of halogens is 2. The number of ether oxygens (including phenoxy) is 2. The van der Waals surface area contributed by atoms with Crippen molar-refractivity contribution in [3.05, 3.63) is 82.5 Å². The minimum atomic E-state index is -0.589. The highest BCUT2D eigenvalue weighted by Gasteiger charge is 2.26. The summed E-state index contributed by atoms with van der Waals surface area (Å²) in [5.74, 6) is 5.49. The minimum absolute atomic E-state index is 0.0542. The molecule has 4 aromatic rings. The van der Waals surface area contributed by atoms with Gasteiger partial charge in [0, 0.05) is 49.6 Å². The summed E-state index contributed by atoms with van der Waals surface area (Å²) in [5.41, 5.74) is 3.32. The zero-order chi connectivity index (χ0) is 28.3. The lowest BCUT2D eigenvalue weighted by Gasteiger charge is -2.36. The van der Waals surface area contributed by atoms with Crippen molar-refractivity contribution in [2.75, 3.05) is 37.7 Å². The molecular formula is C29H30ClFN6O4. The average molecular weight is 581 g/mol. The van der Waals surface area contributed by atoms with Crippen LogP contribution < -0.4 is 15.5 Å². The largest absolute Gasteiger partial charge is 0.471 e. The van der Waals surface area contributed by atoms with Crippen LogP contribution in [-0.4, -0.2) is 64.3 Å². The van der Waals surface area contributed by atoms with E-state index >= 15 is 0 Å². The third-order valence-corrected chi connectivity index (χ3v) is 7.79. The number of benzene rings is 2. The lowest BCUT2D eigenvalue weighted by atomic mass is 10.1. The summed E-state index contributed by atoms with van der Waals surface area (Å²) >= 11 is 5.87. The van der Waals surface area contributed by atoms with Gasteiger partial charge >= 0.3 is 5.97 Å². The van der Waals surface area contributed by atoms with E-state index < -0.39 is 11.8 Å². The van der Waals surface area contributed by atoms with Gasteiger partial charge in [0.1, 0.15) is 18.2 Å². The summed E-state index contributed by atoms with van der Waals surface area (Å²) < 4.78 is 28.0. The molecule has 1 unspecified atom stereocenters. The van der Waals surface area contributed by atoms with Gasteiger partial charge in [-0.2, -0.15) is 5.90 Å². The summed E-state index contributed by atoms with van der Waals surface area (Å²) in [6.45, 7) is 5.25. The first-order valence-electron chi connectivity index (χ1n) is 13.5. The minimum Gasteiger partial charge on any atom is -0.471 e. The predicted molar refractivity (Wildman–Crippen MR) is 151 cm³/mol. The van der Waals surface area contributed by atoms with Crippen molar-refractivity contribution in [2.24, 2.45) is 5.90 Å². The summed E-state index contributed by atoms with van der Waals surface area (Å²) in [5, 5.41) is 0.343. The molecular weight excluding hydrogens is 551 g/mol. The Bertz CT molecular complexity index is 1550. The quantitative estimate of drug-likeness (QED) is 0.294. The number of piperazine rings is 1. The zero-order valence-electron chi connectivity index (χ0n) is 22.3. The van der Waals surface area contributed by atoms with E-state index in [-0.39, 0.29) is 12.7 Å². The van der Waals surface area contributed by atoms with Crippen molar-refractivity contribution >= 4 is 34.3 Å². The molecule has 2 aliphatic heterocycles. The van der Waals surface area contributed by atoms with Crippen LogP contribution in [0.1, 0.15) is 28.2 Å². The highest BCUT2D eigenvalue weighted by molar-refractivity contribution is 6.30. The Balaban J connectivity index is 1.14. The third-order valence-electron chi connectivity index (χ3n) is 7.56. The van der Waals surface area contributed by atoms with Gasteiger partial charge in [0.25, 0.3) is 0 Å². The molecule has 4 heterocycles. The van der Waals surface area contributed by atoms with Gasteiger partial charge in [0.05, 0.1) is 41.5 Å². The Morgan fingerprint density at radius 2 is 1.98 bits per heavy atom. The standard InChI is InChI=1S/C29H30ClFN6O4/c30-21-5-3-20(23(31)15-21)18-40-28-25(2-1-8-33-28)36-11-9-35(10-12-36)17-27-34-24-6-4-19(29(38)41-32)14-26(24)37(27)16-22-7-13-39-22/h1-6,8,14-15,22H,7,9-13,16-18,32H2. The first kappa shape index (κ1) is 27.4. The smallest absolute Gasteiger partial charge is 0.356 e. The Morgan fingerprint density at radius 1 is 1.15 bits per heavy atom. The van der Waals surface area contributed by atoms with Gasteiger partial charge in [0.15, 0.2) is 0 Å². The molecule has 0 aliphatic carbocycles. The number of nitrogens with two attached hydrogens (primary N) is 1. The molecule has 2 aromatic heterocycles. The predicted octanol–water partition coefficient (Wildman–Crippen LogP) is 3.94. The molecule has 12 heteroatoms. The number of imidazole rings is 1. The molecule has 0 spiro atoms. The number of carbonyl (C=O) groups is 1. The second-order valence-corrected chi connectivity index (χ2v) is 10.6. The normalized spacial score (nSPS) is 17.4. The van der Waals surface area contributed by atoms with Crippen molar-refractivity contribution < 1.29 is 23.5 Å². The topological polar surface area (TPSA) is 108 Å². The van der Waals surface area contributed by atoms with E-state index in [9.17, 15) is 9.18 Å². The Labute approximate surface area is 241 Å². The first-order chi connectivity index (χ1) is 20.0. The highest BCUT2D eigenvalue weighted by Crippen LogP contribution is 2.29. The monoisotopic (exact) mass is 580 g/mol. The van der Waals surface area contributed by atoms with Crippen molar-refractivity contribution in [1.82, 2.24) is 19.4 Å². The molecule has 214 valence electrons. The molecule has 6 rings (SSSR count). The van der Waals surface area contributed by atoms with Gasteiger partial charge in [-0.3, -0.25) is 4.90 Å². The fourth-order valence-electron chi connectivity index (χ4n) is 5.19. The molecule has 41 heavy (non-hydrogen) atoms. The maximum Gasteiger partial charge on any atom is 0.356 e. The summed E-state index contributed by atoms with van der Waals surface area (Å²) in [6.07, 6.45) is 2.78. The van der Waals surface area contributed by atoms with E-state index in [4.69, 9.17) is 32.0 Å².